The fraction of sp³-hybridized carbons (Fsp3) is 0.273. The summed E-state index contributed by atoms with van der Waals surface area (Å²) in [7, 11) is -2.56. The van der Waals surface area contributed by atoms with E-state index in [0.717, 1.165) is 22.5 Å². The molecule has 1 aliphatic rings. The lowest BCUT2D eigenvalue weighted by atomic mass is 10.1. The molecule has 2 aromatic carbocycles. The predicted molar refractivity (Wildman–Crippen MR) is 115 cm³/mol. The fourth-order valence-electron chi connectivity index (χ4n) is 3.87. The van der Waals surface area contributed by atoms with Crippen molar-refractivity contribution in [2.45, 2.75) is 11.1 Å². The van der Waals surface area contributed by atoms with Crippen LogP contribution < -0.4 is 5.56 Å². The Hall–Kier alpha value is -3.18. The molecule has 0 aliphatic carbocycles. The summed E-state index contributed by atoms with van der Waals surface area (Å²) in [5.41, 5.74) is -0.570. The van der Waals surface area contributed by atoms with Gasteiger partial charge in [0.25, 0.3) is 11.5 Å². The number of hydrogen-bond donors (Lipinski definition) is 0. The second kappa shape index (κ2) is 8.31. The third kappa shape index (κ3) is 4.25. The molecule has 0 bridgehead atoms. The molecule has 0 spiro atoms. The van der Waals surface area contributed by atoms with Crippen molar-refractivity contribution in [3.05, 3.63) is 76.1 Å². The van der Waals surface area contributed by atoms with Gasteiger partial charge in [-0.2, -0.15) is 17.5 Å². The summed E-state index contributed by atoms with van der Waals surface area (Å²) < 4.78 is 67.2. The minimum atomic E-state index is -4.66. The van der Waals surface area contributed by atoms with Gasteiger partial charge in [-0.3, -0.25) is 9.59 Å². The fourth-order valence-corrected chi connectivity index (χ4v) is 5.34. The van der Waals surface area contributed by atoms with Crippen molar-refractivity contribution in [2.24, 2.45) is 7.05 Å². The number of benzene rings is 2. The van der Waals surface area contributed by atoms with Gasteiger partial charge in [0.05, 0.1) is 21.5 Å². The zero-order chi connectivity index (χ0) is 24.0. The van der Waals surface area contributed by atoms with Gasteiger partial charge in [0.15, 0.2) is 0 Å². The topological polar surface area (TPSA) is 79.7 Å². The van der Waals surface area contributed by atoms with Crippen LogP contribution in [-0.4, -0.2) is 54.3 Å². The summed E-state index contributed by atoms with van der Waals surface area (Å²) in [5, 5.41) is 0.601. The van der Waals surface area contributed by atoms with Crippen LogP contribution in [0.15, 0.2) is 64.3 Å². The molecule has 1 fully saturated rings. The van der Waals surface area contributed by atoms with E-state index in [2.05, 4.69) is 0 Å². The number of alkyl halides is 3. The normalized spacial score (nSPS) is 15.7. The molecule has 0 N–H and O–H groups in total. The number of pyridine rings is 1. The number of halogens is 3. The van der Waals surface area contributed by atoms with Gasteiger partial charge in [-0.1, -0.05) is 24.3 Å². The summed E-state index contributed by atoms with van der Waals surface area (Å²) in [4.78, 5) is 26.4. The lowest BCUT2D eigenvalue weighted by Crippen LogP contribution is -2.50. The van der Waals surface area contributed by atoms with E-state index in [0.29, 0.717) is 17.0 Å². The molecule has 0 unspecified atom stereocenters. The SMILES string of the molecule is Cn1c(=O)cc(C(=O)N2CCN(S(=O)(=O)c3cccc(C(F)(F)F)c3)CC2)c2ccccc21. The maximum Gasteiger partial charge on any atom is 0.416 e. The van der Waals surface area contributed by atoms with Gasteiger partial charge in [0.1, 0.15) is 0 Å². The summed E-state index contributed by atoms with van der Waals surface area (Å²) in [6.07, 6.45) is -4.66. The van der Waals surface area contributed by atoms with Crippen molar-refractivity contribution >= 4 is 26.8 Å². The maximum absolute atomic E-state index is 13.1. The first-order valence-corrected chi connectivity index (χ1v) is 11.5. The Balaban J connectivity index is 1.55. The van der Waals surface area contributed by atoms with E-state index in [-0.39, 0.29) is 37.3 Å². The molecule has 11 heteroatoms. The predicted octanol–water partition coefficient (Wildman–Crippen LogP) is 2.70. The Kier molecular flexibility index (Phi) is 5.79. The van der Waals surface area contributed by atoms with E-state index in [4.69, 9.17) is 0 Å². The zero-order valence-electron chi connectivity index (χ0n) is 17.5. The molecule has 3 aromatic rings. The number of carbonyl (C=O) groups excluding carboxylic acids is 1. The molecule has 1 aliphatic heterocycles. The molecule has 2 heterocycles. The quantitative estimate of drug-likeness (QED) is 0.579. The monoisotopic (exact) mass is 479 g/mol. The molecular weight excluding hydrogens is 459 g/mol. The molecule has 0 saturated carbocycles. The largest absolute Gasteiger partial charge is 0.416 e. The van der Waals surface area contributed by atoms with E-state index in [9.17, 15) is 31.2 Å². The summed E-state index contributed by atoms with van der Waals surface area (Å²) in [6.45, 7) is -0.0681. The van der Waals surface area contributed by atoms with Crippen LogP contribution in [0.1, 0.15) is 15.9 Å². The number of piperazine rings is 1. The lowest BCUT2D eigenvalue weighted by Gasteiger charge is -2.34. The molecule has 0 radical (unpaired) electrons. The summed E-state index contributed by atoms with van der Waals surface area (Å²) >= 11 is 0. The van der Waals surface area contributed by atoms with Gasteiger partial charge in [-0.15, -0.1) is 0 Å². The molecule has 1 aromatic heterocycles. The molecule has 33 heavy (non-hydrogen) atoms. The van der Waals surface area contributed by atoms with Gasteiger partial charge < -0.3 is 9.47 Å². The molecule has 4 rings (SSSR count). The van der Waals surface area contributed by atoms with Gasteiger partial charge in [0.2, 0.25) is 10.0 Å². The smallest absolute Gasteiger partial charge is 0.336 e. The third-order valence-corrected chi connectivity index (χ3v) is 7.60. The molecule has 1 amide bonds. The van der Waals surface area contributed by atoms with Gasteiger partial charge >= 0.3 is 6.18 Å². The lowest BCUT2D eigenvalue weighted by molar-refractivity contribution is -0.137. The molecule has 0 atom stereocenters. The van der Waals surface area contributed by atoms with Crippen LogP contribution in [0.4, 0.5) is 13.2 Å². The van der Waals surface area contributed by atoms with E-state index >= 15 is 0 Å². The summed E-state index contributed by atoms with van der Waals surface area (Å²) in [5.74, 6) is -0.403. The minimum absolute atomic E-state index is 0.0422. The van der Waals surface area contributed by atoms with Crippen molar-refractivity contribution in [3.63, 3.8) is 0 Å². The average Bonchev–Trinajstić information content (AvgIpc) is 2.80. The number of hydrogen-bond acceptors (Lipinski definition) is 4. The van der Waals surface area contributed by atoms with Crippen molar-refractivity contribution in [1.29, 1.82) is 0 Å². The highest BCUT2D eigenvalue weighted by Gasteiger charge is 2.34. The Bertz CT molecular complexity index is 1390. The van der Waals surface area contributed by atoms with E-state index in [1.165, 1.54) is 15.5 Å². The Labute approximate surface area is 187 Å². The number of sulfonamides is 1. The van der Waals surface area contributed by atoms with Crippen molar-refractivity contribution in [3.8, 4) is 0 Å². The second-order valence-corrected chi connectivity index (χ2v) is 9.63. The van der Waals surface area contributed by atoms with Gasteiger partial charge in [-0.25, -0.2) is 8.42 Å². The van der Waals surface area contributed by atoms with Crippen molar-refractivity contribution in [1.82, 2.24) is 13.8 Å². The number of fused-ring (bicyclic) bond motifs is 1. The van der Waals surface area contributed by atoms with Crippen LogP contribution >= 0.6 is 0 Å². The number of para-hydroxylation sites is 1. The number of aromatic nitrogens is 1. The molecular formula is C22H20F3N3O4S. The van der Waals surface area contributed by atoms with Crippen LogP contribution in [0.25, 0.3) is 10.9 Å². The first-order valence-electron chi connectivity index (χ1n) is 10.1. The molecule has 7 nitrogen and oxygen atoms in total. The van der Waals surface area contributed by atoms with Crippen molar-refractivity contribution < 1.29 is 26.4 Å². The zero-order valence-corrected chi connectivity index (χ0v) is 18.4. The molecule has 1 saturated heterocycles. The van der Waals surface area contributed by atoms with Crippen LogP contribution in [0.3, 0.4) is 0 Å². The number of rotatable bonds is 3. The molecule has 174 valence electrons. The van der Waals surface area contributed by atoms with E-state index in [1.54, 1.807) is 31.3 Å². The van der Waals surface area contributed by atoms with Crippen LogP contribution in [0.5, 0.6) is 0 Å². The highest BCUT2D eigenvalue weighted by molar-refractivity contribution is 7.89. The van der Waals surface area contributed by atoms with Crippen molar-refractivity contribution in [2.75, 3.05) is 26.2 Å². The Morgan fingerprint density at radius 2 is 1.61 bits per heavy atom. The highest BCUT2D eigenvalue weighted by Crippen LogP contribution is 2.31. The standard InChI is InChI=1S/C22H20F3N3O4S/c1-26-19-8-3-2-7-17(19)18(14-20(26)29)21(30)27-9-11-28(12-10-27)33(31,32)16-6-4-5-15(13-16)22(23,24)25/h2-8,13-14H,9-12H2,1H3. The number of nitrogens with zero attached hydrogens (tertiary/aromatic N) is 3. The van der Waals surface area contributed by atoms with E-state index in [1.807, 2.05) is 0 Å². The van der Waals surface area contributed by atoms with Crippen LogP contribution in [-0.2, 0) is 23.2 Å². The van der Waals surface area contributed by atoms with Crippen LogP contribution in [0.2, 0.25) is 0 Å². The maximum atomic E-state index is 13.1. The number of aryl methyl sites for hydroxylation is 1. The van der Waals surface area contributed by atoms with E-state index < -0.39 is 32.6 Å². The minimum Gasteiger partial charge on any atom is -0.336 e. The second-order valence-electron chi connectivity index (χ2n) is 7.69. The van der Waals surface area contributed by atoms with Gasteiger partial charge in [0, 0.05) is 44.7 Å². The number of carbonyl (C=O) groups is 1. The van der Waals surface area contributed by atoms with Gasteiger partial charge in [-0.05, 0) is 24.3 Å². The number of amides is 1. The first-order chi connectivity index (χ1) is 15.5. The average molecular weight is 479 g/mol. The Morgan fingerprint density at radius 1 is 0.939 bits per heavy atom. The Morgan fingerprint density at radius 3 is 2.27 bits per heavy atom. The first kappa shape index (κ1) is 23.0. The third-order valence-electron chi connectivity index (χ3n) is 5.71. The van der Waals surface area contributed by atoms with Crippen LogP contribution in [0, 0.1) is 0 Å². The summed E-state index contributed by atoms with van der Waals surface area (Å²) in [6, 6.07) is 11.8. The highest BCUT2D eigenvalue weighted by atomic mass is 32.2.